The van der Waals surface area contributed by atoms with Crippen molar-refractivity contribution in [2.24, 2.45) is 0 Å². The molecule has 0 saturated carbocycles. The Balaban J connectivity index is 1.52. The van der Waals surface area contributed by atoms with E-state index in [0.29, 0.717) is 25.3 Å². The summed E-state index contributed by atoms with van der Waals surface area (Å²) in [4.78, 5) is 17.4. The monoisotopic (exact) mass is 438 g/mol. The maximum atomic E-state index is 13.5. The van der Waals surface area contributed by atoms with E-state index in [-0.39, 0.29) is 17.8 Å². The summed E-state index contributed by atoms with van der Waals surface area (Å²) >= 11 is 0. The average molecular weight is 439 g/mol. The van der Waals surface area contributed by atoms with Gasteiger partial charge in [0.1, 0.15) is 29.5 Å². The van der Waals surface area contributed by atoms with Crippen LogP contribution in [0.25, 0.3) is 0 Å². The number of tetrazole rings is 1. The Hall–Kier alpha value is -3.49. The van der Waals surface area contributed by atoms with E-state index in [0.717, 1.165) is 23.5 Å². The van der Waals surface area contributed by atoms with Crippen molar-refractivity contribution < 1.29 is 13.9 Å². The number of carbonyl (C=O) groups excluding carboxylic acids is 1. The zero-order valence-corrected chi connectivity index (χ0v) is 18.5. The fraction of sp³-hybridized carbons (Fsp3) is 0.391. The summed E-state index contributed by atoms with van der Waals surface area (Å²) < 4.78 is 21.1. The van der Waals surface area contributed by atoms with Gasteiger partial charge in [-0.2, -0.15) is 0 Å². The number of rotatable bonds is 7. The zero-order chi connectivity index (χ0) is 22.7. The normalized spacial score (nSPS) is 16.2. The number of amides is 1. The average Bonchev–Trinajstić information content (AvgIpc) is 3.23. The molecule has 3 aromatic rings. The number of nitrogens with zero attached hydrogens (tertiary/aromatic N) is 6. The van der Waals surface area contributed by atoms with Gasteiger partial charge in [-0.1, -0.05) is 24.3 Å². The molecule has 4 rings (SSSR count). The van der Waals surface area contributed by atoms with Gasteiger partial charge in [0, 0.05) is 20.0 Å². The summed E-state index contributed by atoms with van der Waals surface area (Å²) in [6.45, 7) is 5.83. The molecule has 2 aromatic carbocycles. The number of hydrogen-bond acceptors (Lipinski definition) is 6. The van der Waals surface area contributed by atoms with Crippen LogP contribution >= 0.6 is 0 Å². The molecule has 2 heterocycles. The Morgan fingerprint density at radius 1 is 1.25 bits per heavy atom. The lowest BCUT2D eigenvalue weighted by Gasteiger charge is -2.37. The van der Waals surface area contributed by atoms with E-state index >= 15 is 0 Å². The Morgan fingerprint density at radius 3 is 2.69 bits per heavy atom. The molecule has 1 amide bonds. The van der Waals surface area contributed by atoms with Crippen LogP contribution in [0, 0.1) is 12.7 Å². The summed E-state index contributed by atoms with van der Waals surface area (Å²) in [5, 5.41) is 11.7. The zero-order valence-electron chi connectivity index (χ0n) is 18.5. The molecule has 9 heteroatoms. The van der Waals surface area contributed by atoms with Gasteiger partial charge in [-0.15, -0.1) is 5.10 Å². The molecule has 0 saturated heterocycles. The third kappa shape index (κ3) is 4.56. The molecule has 1 aromatic heterocycles. The van der Waals surface area contributed by atoms with Crippen LogP contribution in [0.1, 0.15) is 24.4 Å². The van der Waals surface area contributed by atoms with Crippen molar-refractivity contribution in [3.8, 4) is 5.75 Å². The molecule has 8 nitrogen and oxygen atoms in total. The van der Waals surface area contributed by atoms with Crippen molar-refractivity contribution in [2.75, 3.05) is 31.6 Å². The molecule has 1 aliphatic heterocycles. The molecule has 168 valence electrons. The predicted octanol–water partition coefficient (Wildman–Crippen LogP) is 2.65. The van der Waals surface area contributed by atoms with E-state index in [4.69, 9.17) is 4.74 Å². The molecular formula is C23H27FN6O2. The number of para-hydroxylation sites is 2. The number of carbonyl (C=O) groups is 1. The molecule has 0 unspecified atom stereocenters. The van der Waals surface area contributed by atoms with Gasteiger partial charge in [0.2, 0.25) is 5.91 Å². The van der Waals surface area contributed by atoms with Crippen LogP contribution in [-0.4, -0.2) is 63.8 Å². The minimum atomic E-state index is -0.640. The van der Waals surface area contributed by atoms with Gasteiger partial charge in [-0.25, -0.2) is 9.07 Å². The van der Waals surface area contributed by atoms with Crippen LogP contribution in [0.15, 0.2) is 48.5 Å². The molecule has 1 aliphatic rings. The number of anilines is 1. The van der Waals surface area contributed by atoms with Crippen LogP contribution in [0.4, 0.5) is 10.1 Å². The second-order valence-corrected chi connectivity index (χ2v) is 7.98. The highest BCUT2D eigenvalue weighted by Gasteiger charge is 2.31. The van der Waals surface area contributed by atoms with Crippen molar-refractivity contribution in [3.05, 3.63) is 65.7 Å². The lowest BCUT2D eigenvalue weighted by Crippen LogP contribution is -2.48. The second-order valence-electron chi connectivity index (χ2n) is 7.98. The van der Waals surface area contributed by atoms with Crippen LogP contribution in [-0.2, 0) is 11.2 Å². The highest BCUT2D eigenvalue weighted by Crippen LogP contribution is 2.33. The van der Waals surface area contributed by atoms with Crippen molar-refractivity contribution in [1.82, 2.24) is 25.1 Å². The van der Waals surface area contributed by atoms with Crippen molar-refractivity contribution in [1.29, 1.82) is 0 Å². The number of fused-ring (bicyclic) bond motifs is 1. The lowest BCUT2D eigenvalue weighted by atomic mass is 10.0. The first kappa shape index (κ1) is 21.7. The Labute approximate surface area is 186 Å². The predicted molar refractivity (Wildman–Crippen MR) is 118 cm³/mol. The number of halogens is 1. The van der Waals surface area contributed by atoms with E-state index < -0.39 is 6.04 Å². The smallest absolute Gasteiger partial charge is 0.247 e. The number of ether oxygens (including phenoxy) is 1. The first-order valence-corrected chi connectivity index (χ1v) is 10.7. The van der Waals surface area contributed by atoms with E-state index in [1.54, 1.807) is 31.0 Å². The molecule has 0 bridgehead atoms. The van der Waals surface area contributed by atoms with Crippen molar-refractivity contribution >= 4 is 11.6 Å². The molecular weight excluding hydrogens is 411 g/mol. The third-order valence-electron chi connectivity index (χ3n) is 5.74. The van der Waals surface area contributed by atoms with E-state index in [9.17, 15) is 9.18 Å². The SMILES string of the molecule is CCN1C[C@@H](CN(C)C(=O)[C@@H](Cc2ccc(F)cc2)n2nnnc2C)Oc2ccccc21. The lowest BCUT2D eigenvalue weighted by molar-refractivity contribution is -0.134. The number of hydrogen-bond donors (Lipinski definition) is 0. The topological polar surface area (TPSA) is 76.4 Å². The summed E-state index contributed by atoms with van der Waals surface area (Å²) in [7, 11) is 1.76. The number of aryl methyl sites for hydroxylation is 1. The van der Waals surface area contributed by atoms with Gasteiger partial charge in [0.15, 0.2) is 0 Å². The quantitative estimate of drug-likeness (QED) is 0.565. The van der Waals surface area contributed by atoms with Gasteiger partial charge in [-0.05, 0) is 54.1 Å². The number of likely N-dealkylation sites (N-methyl/N-ethyl adjacent to an activating group) is 2. The minimum absolute atomic E-state index is 0.129. The van der Waals surface area contributed by atoms with E-state index in [2.05, 4.69) is 27.3 Å². The molecule has 0 fully saturated rings. The summed E-state index contributed by atoms with van der Waals surface area (Å²) in [6, 6.07) is 13.4. The van der Waals surface area contributed by atoms with Crippen LogP contribution in [0.3, 0.4) is 0 Å². The second kappa shape index (κ2) is 9.33. The van der Waals surface area contributed by atoms with Crippen molar-refractivity contribution in [3.63, 3.8) is 0 Å². The van der Waals surface area contributed by atoms with Gasteiger partial charge in [0.25, 0.3) is 0 Å². The standard InChI is InChI=1S/C23H27FN6O2/c1-4-29-15-19(32-22-8-6-5-7-20(22)29)14-28(3)23(31)21(30-16(2)25-26-27-30)13-17-9-11-18(24)12-10-17/h5-12,19,21H,4,13-15H2,1-3H3/t19-,21-/m1/s1. The summed E-state index contributed by atoms with van der Waals surface area (Å²) in [5.41, 5.74) is 1.90. The Bertz CT molecular complexity index is 1070. The fourth-order valence-corrected chi connectivity index (χ4v) is 4.07. The van der Waals surface area contributed by atoms with Crippen molar-refractivity contribution in [2.45, 2.75) is 32.4 Å². The van der Waals surface area contributed by atoms with Gasteiger partial charge >= 0.3 is 0 Å². The fourth-order valence-electron chi connectivity index (χ4n) is 4.07. The minimum Gasteiger partial charge on any atom is -0.485 e. The first-order valence-electron chi connectivity index (χ1n) is 10.7. The van der Waals surface area contributed by atoms with Crippen LogP contribution < -0.4 is 9.64 Å². The highest BCUT2D eigenvalue weighted by atomic mass is 19.1. The number of aromatic nitrogens is 4. The van der Waals surface area contributed by atoms with E-state index in [1.165, 1.54) is 16.8 Å². The largest absolute Gasteiger partial charge is 0.485 e. The maximum absolute atomic E-state index is 13.5. The van der Waals surface area contributed by atoms with Gasteiger partial charge in [0.05, 0.1) is 18.8 Å². The Kier molecular flexibility index (Phi) is 6.34. The number of benzene rings is 2. The highest BCUT2D eigenvalue weighted by molar-refractivity contribution is 5.80. The van der Waals surface area contributed by atoms with Crippen LogP contribution in [0.2, 0.25) is 0 Å². The summed E-state index contributed by atoms with van der Waals surface area (Å²) in [5.74, 6) is 0.919. The summed E-state index contributed by atoms with van der Waals surface area (Å²) in [6.07, 6.45) is 0.186. The first-order chi connectivity index (χ1) is 15.5. The maximum Gasteiger partial charge on any atom is 0.247 e. The van der Waals surface area contributed by atoms with E-state index in [1.807, 2.05) is 24.3 Å². The Morgan fingerprint density at radius 2 is 2.00 bits per heavy atom. The molecule has 0 radical (unpaired) electrons. The molecule has 0 aliphatic carbocycles. The van der Waals surface area contributed by atoms with Gasteiger partial charge < -0.3 is 14.5 Å². The molecule has 0 spiro atoms. The van der Waals surface area contributed by atoms with Gasteiger partial charge in [-0.3, -0.25) is 4.79 Å². The molecule has 32 heavy (non-hydrogen) atoms. The molecule has 0 N–H and O–H groups in total. The van der Waals surface area contributed by atoms with Crippen LogP contribution in [0.5, 0.6) is 5.75 Å². The molecule has 2 atom stereocenters. The third-order valence-corrected chi connectivity index (χ3v) is 5.74.